The standard InChI is InChI=1S/C13H17NO7/c15-5-8-9(16)10(17)11(18)12(21-8)14-7-4-2-1-3-6(7)13(19)20/h1-4,8-12,14-18H,5H2,(H,19,20)/p-1/t8-,9-,10-,11-,12+/m1/s1. The fraction of sp³-hybridized carbons (Fsp3) is 0.462. The van der Waals surface area contributed by atoms with Gasteiger partial charge in [-0.25, -0.2) is 0 Å². The van der Waals surface area contributed by atoms with Crippen molar-refractivity contribution in [1.29, 1.82) is 0 Å². The molecule has 8 nitrogen and oxygen atoms in total. The van der Waals surface area contributed by atoms with Crippen molar-refractivity contribution in [3.63, 3.8) is 0 Å². The number of aromatic carboxylic acids is 1. The Labute approximate surface area is 120 Å². The smallest absolute Gasteiger partial charge is 0.157 e. The van der Waals surface area contributed by atoms with Gasteiger partial charge in [0.15, 0.2) is 6.23 Å². The number of carbonyl (C=O) groups is 1. The Kier molecular flexibility index (Phi) is 4.76. The highest BCUT2D eigenvalue weighted by molar-refractivity contribution is 5.92. The number of para-hydroxylation sites is 1. The highest BCUT2D eigenvalue weighted by atomic mass is 16.6. The first-order valence-corrected chi connectivity index (χ1v) is 6.33. The SMILES string of the molecule is O=C([O-])c1ccccc1N[C@H]1O[C@H](CO)[C@@H](O)[C@@H](O)[C@H]1O. The molecule has 1 heterocycles. The van der Waals surface area contributed by atoms with Gasteiger partial charge in [0, 0.05) is 11.3 Å². The molecule has 5 atom stereocenters. The molecule has 1 fully saturated rings. The van der Waals surface area contributed by atoms with Crippen molar-refractivity contribution in [2.24, 2.45) is 0 Å². The van der Waals surface area contributed by atoms with Gasteiger partial charge in [-0.1, -0.05) is 18.2 Å². The number of aliphatic hydroxyl groups is 4. The van der Waals surface area contributed by atoms with Crippen LogP contribution < -0.4 is 10.4 Å². The van der Waals surface area contributed by atoms with Gasteiger partial charge in [-0.15, -0.1) is 0 Å². The molecule has 8 heteroatoms. The third-order valence-electron chi connectivity index (χ3n) is 3.34. The summed E-state index contributed by atoms with van der Waals surface area (Å²) in [7, 11) is 0. The van der Waals surface area contributed by atoms with Crippen molar-refractivity contribution in [2.45, 2.75) is 30.6 Å². The van der Waals surface area contributed by atoms with E-state index in [-0.39, 0.29) is 11.3 Å². The molecule has 1 aromatic carbocycles. The Morgan fingerprint density at radius 1 is 1.19 bits per heavy atom. The van der Waals surface area contributed by atoms with Gasteiger partial charge in [-0.05, 0) is 6.07 Å². The molecule has 0 bridgehead atoms. The number of carbonyl (C=O) groups excluding carboxylic acids is 1. The number of carboxylic acids is 1. The number of hydrogen-bond acceptors (Lipinski definition) is 8. The van der Waals surface area contributed by atoms with Crippen LogP contribution in [0.25, 0.3) is 0 Å². The van der Waals surface area contributed by atoms with Crippen LogP contribution in [0.5, 0.6) is 0 Å². The summed E-state index contributed by atoms with van der Waals surface area (Å²) in [4.78, 5) is 11.0. The maximum atomic E-state index is 11.0. The van der Waals surface area contributed by atoms with Crippen LogP contribution in [0, 0.1) is 0 Å². The highest BCUT2D eigenvalue weighted by Gasteiger charge is 2.43. The van der Waals surface area contributed by atoms with Crippen LogP contribution in [0.1, 0.15) is 10.4 Å². The molecular weight excluding hydrogens is 282 g/mol. The van der Waals surface area contributed by atoms with E-state index in [2.05, 4.69) is 5.32 Å². The zero-order valence-electron chi connectivity index (χ0n) is 10.9. The third kappa shape index (κ3) is 3.14. The first-order valence-electron chi connectivity index (χ1n) is 6.33. The van der Waals surface area contributed by atoms with Gasteiger partial charge in [0.2, 0.25) is 0 Å². The predicted molar refractivity (Wildman–Crippen MR) is 68.2 cm³/mol. The molecule has 2 rings (SSSR count). The molecule has 21 heavy (non-hydrogen) atoms. The second kappa shape index (κ2) is 6.37. The lowest BCUT2D eigenvalue weighted by atomic mass is 9.98. The Morgan fingerprint density at radius 2 is 1.86 bits per heavy atom. The van der Waals surface area contributed by atoms with E-state index in [4.69, 9.17) is 9.84 Å². The maximum absolute atomic E-state index is 11.0. The van der Waals surface area contributed by atoms with Gasteiger partial charge in [-0.3, -0.25) is 0 Å². The summed E-state index contributed by atoms with van der Waals surface area (Å²) in [6, 6.07) is 5.82. The highest BCUT2D eigenvalue weighted by Crippen LogP contribution is 2.24. The zero-order chi connectivity index (χ0) is 15.6. The molecule has 0 aromatic heterocycles. The van der Waals surface area contributed by atoms with Crippen LogP contribution in [0.15, 0.2) is 24.3 Å². The Balaban J connectivity index is 2.20. The molecule has 0 radical (unpaired) electrons. The topological polar surface area (TPSA) is 142 Å². The largest absolute Gasteiger partial charge is 0.545 e. The van der Waals surface area contributed by atoms with E-state index in [0.717, 1.165) is 0 Å². The van der Waals surface area contributed by atoms with Crippen molar-refractivity contribution in [1.82, 2.24) is 0 Å². The average molecular weight is 298 g/mol. The molecule has 0 aliphatic carbocycles. The monoisotopic (exact) mass is 298 g/mol. The summed E-state index contributed by atoms with van der Waals surface area (Å²) in [5, 5.41) is 51.9. The Morgan fingerprint density at radius 3 is 2.48 bits per heavy atom. The summed E-state index contributed by atoms with van der Waals surface area (Å²) in [5.74, 6) is -1.41. The molecule has 0 amide bonds. The molecule has 116 valence electrons. The molecule has 5 N–H and O–H groups in total. The van der Waals surface area contributed by atoms with Crippen molar-refractivity contribution in [3.05, 3.63) is 29.8 Å². The lowest BCUT2D eigenvalue weighted by molar-refractivity contribution is -0.255. The van der Waals surface area contributed by atoms with E-state index in [0.29, 0.717) is 0 Å². The van der Waals surface area contributed by atoms with Crippen LogP contribution in [-0.4, -0.2) is 63.6 Å². The molecule has 0 unspecified atom stereocenters. The molecule has 1 aliphatic rings. The van der Waals surface area contributed by atoms with Crippen LogP contribution in [0.3, 0.4) is 0 Å². The number of benzene rings is 1. The quantitative estimate of drug-likeness (QED) is 0.403. The van der Waals surface area contributed by atoms with Gasteiger partial charge < -0.3 is 40.4 Å². The second-order valence-electron chi connectivity index (χ2n) is 4.73. The minimum absolute atomic E-state index is 0.127. The van der Waals surface area contributed by atoms with Crippen LogP contribution in [-0.2, 0) is 4.74 Å². The summed E-state index contributed by atoms with van der Waals surface area (Å²) in [6.07, 6.45) is -6.78. The third-order valence-corrected chi connectivity index (χ3v) is 3.34. The van der Waals surface area contributed by atoms with Gasteiger partial charge >= 0.3 is 0 Å². The second-order valence-corrected chi connectivity index (χ2v) is 4.73. The Bertz CT molecular complexity index is 507. The van der Waals surface area contributed by atoms with Crippen molar-refractivity contribution >= 4 is 11.7 Å². The average Bonchev–Trinajstić information content (AvgIpc) is 2.48. The van der Waals surface area contributed by atoms with Gasteiger partial charge in [0.05, 0.1) is 12.6 Å². The number of ether oxygens (including phenoxy) is 1. The van der Waals surface area contributed by atoms with Gasteiger partial charge in [0.25, 0.3) is 0 Å². The minimum atomic E-state index is -1.54. The lowest BCUT2D eigenvalue weighted by Gasteiger charge is -2.40. The minimum Gasteiger partial charge on any atom is -0.545 e. The maximum Gasteiger partial charge on any atom is 0.157 e. The van der Waals surface area contributed by atoms with E-state index in [1.54, 1.807) is 6.07 Å². The van der Waals surface area contributed by atoms with Crippen LogP contribution in [0.4, 0.5) is 5.69 Å². The van der Waals surface area contributed by atoms with Crippen molar-refractivity contribution in [2.75, 3.05) is 11.9 Å². The van der Waals surface area contributed by atoms with Crippen molar-refractivity contribution in [3.8, 4) is 0 Å². The fourth-order valence-corrected chi connectivity index (χ4v) is 2.16. The normalized spacial score (nSPS) is 32.7. The predicted octanol–water partition coefficient (Wildman–Crippen LogP) is -2.74. The van der Waals surface area contributed by atoms with E-state index in [1.807, 2.05) is 0 Å². The number of anilines is 1. The van der Waals surface area contributed by atoms with E-state index < -0.39 is 43.2 Å². The number of nitrogens with one attached hydrogen (secondary N) is 1. The van der Waals surface area contributed by atoms with E-state index in [9.17, 15) is 25.2 Å². The first kappa shape index (κ1) is 15.7. The molecule has 1 aromatic rings. The van der Waals surface area contributed by atoms with Crippen LogP contribution >= 0.6 is 0 Å². The Hall–Kier alpha value is -1.71. The number of carboxylic acid groups (broad SMARTS) is 1. The first-order chi connectivity index (χ1) is 9.95. The lowest BCUT2D eigenvalue weighted by Crippen LogP contribution is -2.60. The zero-order valence-corrected chi connectivity index (χ0v) is 10.9. The van der Waals surface area contributed by atoms with E-state index in [1.165, 1.54) is 18.2 Å². The van der Waals surface area contributed by atoms with Crippen LogP contribution in [0.2, 0.25) is 0 Å². The molecule has 1 saturated heterocycles. The number of aliphatic hydroxyl groups excluding tert-OH is 4. The van der Waals surface area contributed by atoms with Crippen molar-refractivity contribution < 1.29 is 35.1 Å². The summed E-state index contributed by atoms with van der Waals surface area (Å²) >= 11 is 0. The molecule has 0 saturated carbocycles. The van der Waals surface area contributed by atoms with E-state index >= 15 is 0 Å². The molecule has 0 spiro atoms. The number of hydrogen-bond donors (Lipinski definition) is 5. The van der Waals surface area contributed by atoms with Gasteiger partial charge in [-0.2, -0.15) is 0 Å². The summed E-state index contributed by atoms with van der Waals surface area (Å²) in [6.45, 7) is -0.564. The fourth-order valence-electron chi connectivity index (χ4n) is 2.16. The summed E-state index contributed by atoms with van der Waals surface area (Å²) in [5.41, 5.74) is -0.0173. The van der Waals surface area contributed by atoms with Gasteiger partial charge in [0.1, 0.15) is 24.4 Å². The summed E-state index contributed by atoms with van der Waals surface area (Å²) < 4.78 is 5.23. The molecule has 1 aliphatic heterocycles. The molecular formula is C13H16NO7-. The number of rotatable bonds is 4.